The third kappa shape index (κ3) is 3.16. The summed E-state index contributed by atoms with van der Waals surface area (Å²) in [5.41, 5.74) is 0.754. The SMILES string of the molecule is CC1CCN(C(=O)Cc2csc(-c3ccco3)n2)CC1O. The summed E-state index contributed by atoms with van der Waals surface area (Å²) in [6.07, 6.45) is 2.31. The first kappa shape index (κ1) is 14.3. The first-order chi connectivity index (χ1) is 10.1. The van der Waals surface area contributed by atoms with E-state index in [2.05, 4.69) is 4.98 Å². The van der Waals surface area contributed by atoms with E-state index < -0.39 is 6.10 Å². The number of thiazole rings is 1. The van der Waals surface area contributed by atoms with Crippen LogP contribution < -0.4 is 0 Å². The van der Waals surface area contributed by atoms with Crippen molar-refractivity contribution in [1.29, 1.82) is 0 Å². The van der Waals surface area contributed by atoms with E-state index in [0.717, 1.165) is 22.9 Å². The summed E-state index contributed by atoms with van der Waals surface area (Å²) in [7, 11) is 0. The van der Waals surface area contributed by atoms with E-state index in [1.165, 1.54) is 11.3 Å². The lowest BCUT2D eigenvalue weighted by molar-refractivity contribution is -0.134. The number of carbonyl (C=O) groups is 1. The number of hydrogen-bond donors (Lipinski definition) is 1. The van der Waals surface area contributed by atoms with Crippen LogP contribution in [0.1, 0.15) is 19.0 Å². The lowest BCUT2D eigenvalue weighted by atomic mass is 9.96. The fourth-order valence-corrected chi connectivity index (χ4v) is 3.23. The van der Waals surface area contributed by atoms with Crippen LogP contribution >= 0.6 is 11.3 Å². The van der Waals surface area contributed by atoms with Crippen molar-refractivity contribution in [3.05, 3.63) is 29.5 Å². The van der Waals surface area contributed by atoms with Crippen LogP contribution in [0.4, 0.5) is 0 Å². The number of nitrogens with zero attached hydrogens (tertiary/aromatic N) is 2. The zero-order valence-corrected chi connectivity index (χ0v) is 12.7. The minimum absolute atomic E-state index is 0.0252. The Labute approximate surface area is 127 Å². The molecule has 2 aromatic heterocycles. The van der Waals surface area contributed by atoms with E-state index in [9.17, 15) is 9.90 Å². The second-order valence-corrected chi connectivity index (χ2v) is 6.33. The number of rotatable bonds is 3. The predicted octanol–water partition coefficient (Wildman–Crippen LogP) is 2.17. The zero-order valence-electron chi connectivity index (χ0n) is 11.9. The molecule has 2 unspecified atom stereocenters. The Morgan fingerprint density at radius 2 is 2.48 bits per heavy atom. The molecule has 1 amide bonds. The summed E-state index contributed by atoms with van der Waals surface area (Å²) in [4.78, 5) is 18.4. The largest absolute Gasteiger partial charge is 0.462 e. The van der Waals surface area contributed by atoms with Gasteiger partial charge in [0, 0.05) is 18.5 Å². The minimum atomic E-state index is -0.420. The molecule has 1 aliphatic heterocycles. The van der Waals surface area contributed by atoms with Crippen molar-refractivity contribution in [2.45, 2.75) is 25.9 Å². The summed E-state index contributed by atoms with van der Waals surface area (Å²) < 4.78 is 5.30. The molecule has 5 nitrogen and oxygen atoms in total. The van der Waals surface area contributed by atoms with Crippen LogP contribution in [0.25, 0.3) is 10.8 Å². The number of aliphatic hydroxyl groups is 1. The molecule has 3 rings (SSSR count). The number of β-amino-alcohol motifs (C(OH)–C–C–N with tert-alkyl or cyclic N) is 1. The fourth-order valence-electron chi connectivity index (χ4n) is 2.44. The Balaban J connectivity index is 1.63. The summed E-state index contributed by atoms with van der Waals surface area (Å²) in [6, 6.07) is 3.67. The molecule has 0 radical (unpaired) electrons. The van der Waals surface area contributed by atoms with E-state index in [-0.39, 0.29) is 18.2 Å². The minimum Gasteiger partial charge on any atom is -0.462 e. The van der Waals surface area contributed by atoms with Crippen molar-refractivity contribution in [3.63, 3.8) is 0 Å². The van der Waals surface area contributed by atoms with Crippen LogP contribution in [0.15, 0.2) is 28.2 Å². The van der Waals surface area contributed by atoms with Crippen molar-refractivity contribution in [3.8, 4) is 10.8 Å². The third-order valence-electron chi connectivity index (χ3n) is 3.89. The van der Waals surface area contributed by atoms with Gasteiger partial charge in [-0.15, -0.1) is 11.3 Å². The molecule has 0 bridgehead atoms. The summed E-state index contributed by atoms with van der Waals surface area (Å²) in [6.45, 7) is 3.16. The van der Waals surface area contributed by atoms with E-state index in [1.807, 2.05) is 24.4 Å². The molecule has 6 heteroatoms. The quantitative estimate of drug-likeness (QED) is 0.944. The van der Waals surface area contributed by atoms with Gasteiger partial charge in [0.2, 0.25) is 5.91 Å². The predicted molar refractivity (Wildman–Crippen MR) is 79.9 cm³/mol. The highest BCUT2D eigenvalue weighted by Gasteiger charge is 2.27. The van der Waals surface area contributed by atoms with Gasteiger partial charge in [0.15, 0.2) is 10.8 Å². The molecule has 2 atom stereocenters. The Kier molecular flexibility index (Phi) is 4.07. The molecule has 2 aromatic rings. The zero-order chi connectivity index (χ0) is 14.8. The third-order valence-corrected chi connectivity index (χ3v) is 4.79. The fraction of sp³-hybridized carbons (Fsp3) is 0.467. The summed E-state index contributed by atoms with van der Waals surface area (Å²) in [5.74, 6) is 1.01. The molecule has 1 N–H and O–H groups in total. The van der Waals surface area contributed by atoms with Crippen LogP contribution in [0.5, 0.6) is 0 Å². The second-order valence-electron chi connectivity index (χ2n) is 5.47. The van der Waals surface area contributed by atoms with Crippen molar-refractivity contribution in [1.82, 2.24) is 9.88 Å². The van der Waals surface area contributed by atoms with Crippen LogP contribution in [-0.2, 0) is 11.2 Å². The number of carbonyl (C=O) groups excluding carboxylic acids is 1. The number of aliphatic hydroxyl groups excluding tert-OH is 1. The van der Waals surface area contributed by atoms with E-state index in [1.54, 1.807) is 11.2 Å². The Bertz CT molecular complexity index is 608. The van der Waals surface area contributed by atoms with Gasteiger partial charge in [0.25, 0.3) is 0 Å². The Morgan fingerprint density at radius 3 is 3.19 bits per heavy atom. The average Bonchev–Trinajstić information content (AvgIpc) is 3.12. The molecule has 0 spiro atoms. The number of likely N-dealkylation sites (tertiary alicyclic amines) is 1. The van der Waals surface area contributed by atoms with Gasteiger partial charge in [-0.05, 0) is 24.5 Å². The standard InChI is InChI=1S/C15H18N2O3S/c1-10-4-5-17(8-12(10)18)14(19)7-11-9-21-15(16-11)13-3-2-6-20-13/h2-3,6,9-10,12,18H,4-5,7-8H2,1H3. The molecule has 1 saturated heterocycles. The molecule has 21 heavy (non-hydrogen) atoms. The maximum atomic E-state index is 12.3. The molecule has 0 aliphatic carbocycles. The summed E-state index contributed by atoms with van der Waals surface area (Å²) in [5, 5.41) is 12.5. The van der Waals surface area contributed by atoms with Gasteiger partial charge in [0.05, 0.1) is 24.5 Å². The van der Waals surface area contributed by atoms with Crippen molar-refractivity contribution < 1.29 is 14.3 Å². The second kappa shape index (κ2) is 5.99. The first-order valence-corrected chi connectivity index (χ1v) is 7.95. The smallest absolute Gasteiger partial charge is 0.228 e. The highest BCUT2D eigenvalue weighted by Crippen LogP contribution is 2.24. The topological polar surface area (TPSA) is 66.6 Å². The monoisotopic (exact) mass is 306 g/mol. The van der Waals surface area contributed by atoms with E-state index in [0.29, 0.717) is 13.1 Å². The average molecular weight is 306 g/mol. The molecular weight excluding hydrogens is 288 g/mol. The molecule has 3 heterocycles. The maximum absolute atomic E-state index is 12.3. The molecule has 0 aromatic carbocycles. The van der Waals surface area contributed by atoms with Gasteiger partial charge < -0.3 is 14.4 Å². The van der Waals surface area contributed by atoms with Crippen molar-refractivity contribution >= 4 is 17.2 Å². The van der Waals surface area contributed by atoms with Crippen LogP contribution in [0, 0.1) is 5.92 Å². The molecule has 0 saturated carbocycles. The first-order valence-electron chi connectivity index (χ1n) is 7.07. The lowest BCUT2D eigenvalue weighted by Gasteiger charge is -2.34. The van der Waals surface area contributed by atoms with Gasteiger partial charge in [-0.2, -0.15) is 0 Å². The molecular formula is C15H18N2O3S. The highest BCUT2D eigenvalue weighted by molar-refractivity contribution is 7.13. The molecule has 1 fully saturated rings. The highest BCUT2D eigenvalue weighted by atomic mass is 32.1. The van der Waals surface area contributed by atoms with E-state index >= 15 is 0 Å². The summed E-state index contributed by atoms with van der Waals surface area (Å²) >= 11 is 1.47. The van der Waals surface area contributed by atoms with Crippen molar-refractivity contribution in [2.75, 3.05) is 13.1 Å². The normalized spacial score (nSPS) is 22.5. The van der Waals surface area contributed by atoms with Crippen LogP contribution in [0.3, 0.4) is 0 Å². The van der Waals surface area contributed by atoms with E-state index in [4.69, 9.17) is 4.42 Å². The van der Waals surface area contributed by atoms with Gasteiger partial charge >= 0.3 is 0 Å². The van der Waals surface area contributed by atoms with Crippen LogP contribution in [0.2, 0.25) is 0 Å². The molecule has 1 aliphatic rings. The number of furan rings is 1. The van der Waals surface area contributed by atoms with Crippen LogP contribution in [-0.4, -0.2) is 40.1 Å². The maximum Gasteiger partial charge on any atom is 0.228 e. The van der Waals surface area contributed by atoms with Gasteiger partial charge in [-0.3, -0.25) is 4.79 Å². The molecule has 112 valence electrons. The lowest BCUT2D eigenvalue weighted by Crippen LogP contribution is -2.46. The number of hydrogen-bond acceptors (Lipinski definition) is 5. The van der Waals surface area contributed by atoms with Gasteiger partial charge in [-0.1, -0.05) is 6.92 Å². The van der Waals surface area contributed by atoms with Crippen molar-refractivity contribution in [2.24, 2.45) is 5.92 Å². The number of amides is 1. The number of aromatic nitrogens is 1. The number of piperidine rings is 1. The Hall–Kier alpha value is -1.66. The van der Waals surface area contributed by atoms with Gasteiger partial charge in [0.1, 0.15) is 0 Å². The van der Waals surface area contributed by atoms with Gasteiger partial charge in [-0.25, -0.2) is 4.98 Å². The Morgan fingerprint density at radius 1 is 1.62 bits per heavy atom.